The minimum Gasteiger partial charge on any atom is -0.465 e. The fourth-order valence-corrected chi connectivity index (χ4v) is 2.83. The van der Waals surface area contributed by atoms with E-state index in [1.807, 2.05) is 4.72 Å². The number of amides is 1. The molecule has 0 aliphatic heterocycles. The fraction of sp³-hybridized carbons (Fsp3) is 0.286. The number of esters is 1. The van der Waals surface area contributed by atoms with Crippen LogP contribution in [0, 0.1) is 0 Å². The number of para-hydroxylation sites is 1. The van der Waals surface area contributed by atoms with Crippen molar-refractivity contribution in [2.24, 2.45) is 7.05 Å². The molecule has 0 fully saturated rings. The second-order valence-electron chi connectivity index (χ2n) is 5.02. The highest BCUT2D eigenvalue weighted by molar-refractivity contribution is 7.91. The average Bonchev–Trinajstić information content (AvgIpc) is 2.90. The number of hydrogen-bond acceptors (Lipinski definition) is 8. The monoisotopic (exact) mass is 399 g/mol. The summed E-state index contributed by atoms with van der Waals surface area (Å²) < 4.78 is 38.9. The van der Waals surface area contributed by atoms with Gasteiger partial charge in [0, 0.05) is 7.05 Å². The number of carbonyl (C=O) groups is 2. The summed E-state index contributed by atoms with van der Waals surface area (Å²) in [4.78, 5) is 35.8. The zero-order valence-electron chi connectivity index (χ0n) is 14.6. The van der Waals surface area contributed by atoms with Gasteiger partial charge in [-0.05, 0) is 19.1 Å². The standard InChI is InChI=1S/C14H17N5O7S/c1-4-26-13-15-19(14(22)18(13)2)12(21)17-27(23,24)16-10-8-6-5-7-9(10)11(20)25-3/h5-8,16H,4H2,1-3H3,(H,17,21). The highest BCUT2D eigenvalue weighted by Gasteiger charge is 2.23. The van der Waals surface area contributed by atoms with Gasteiger partial charge in [0.25, 0.3) is 0 Å². The predicted molar refractivity (Wildman–Crippen MR) is 92.9 cm³/mol. The van der Waals surface area contributed by atoms with Gasteiger partial charge in [0.15, 0.2) is 0 Å². The second-order valence-corrected chi connectivity index (χ2v) is 6.43. The Hall–Kier alpha value is -3.35. The smallest absolute Gasteiger partial charge is 0.361 e. The largest absolute Gasteiger partial charge is 0.465 e. The topological polar surface area (TPSA) is 151 Å². The number of benzene rings is 1. The molecule has 1 aromatic carbocycles. The Morgan fingerprint density at radius 3 is 2.56 bits per heavy atom. The van der Waals surface area contributed by atoms with E-state index in [0.717, 1.165) is 11.7 Å². The van der Waals surface area contributed by atoms with Gasteiger partial charge < -0.3 is 9.47 Å². The molecule has 0 atom stereocenters. The lowest BCUT2D eigenvalue weighted by Crippen LogP contribution is -2.42. The van der Waals surface area contributed by atoms with E-state index in [-0.39, 0.29) is 23.9 Å². The van der Waals surface area contributed by atoms with Gasteiger partial charge in [0.05, 0.1) is 25.0 Å². The first-order valence-electron chi connectivity index (χ1n) is 7.51. The molecule has 12 nitrogen and oxygen atoms in total. The fourth-order valence-electron chi connectivity index (χ4n) is 1.99. The first-order valence-corrected chi connectivity index (χ1v) is 8.99. The van der Waals surface area contributed by atoms with Gasteiger partial charge in [0.1, 0.15) is 0 Å². The van der Waals surface area contributed by atoms with Gasteiger partial charge in [-0.2, -0.15) is 8.42 Å². The molecule has 27 heavy (non-hydrogen) atoms. The van der Waals surface area contributed by atoms with Gasteiger partial charge in [-0.1, -0.05) is 12.1 Å². The molecule has 0 bridgehead atoms. The molecule has 0 unspecified atom stereocenters. The quantitative estimate of drug-likeness (QED) is 0.627. The molecule has 0 saturated heterocycles. The minimum atomic E-state index is -4.49. The first-order chi connectivity index (χ1) is 12.7. The van der Waals surface area contributed by atoms with Crippen LogP contribution in [0.4, 0.5) is 10.5 Å². The Bertz CT molecular complexity index is 1020. The number of hydrogen-bond donors (Lipinski definition) is 2. The summed E-state index contributed by atoms with van der Waals surface area (Å²) in [6.45, 7) is 1.84. The van der Waals surface area contributed by atoms with Crippen LogP contribution in [0.5, 0.6) is 6.01 Å². The summed E-state index contributed by atoms with van der Waals surface area (Å²) in [5.41, 5.74) is -1.08. The molecule has 2 rings (SSSR count). The minimum absolute atomic E-state index is 0.0635. The van der Waals surface area contributed by atoms with E-state index in [9.17, 15) is 22.8 Å². The van der Waals surface area contributed by atoms with Gasteiger partial charge in [-0.15, -0.1) is 9.78 Å². The SMILES string of the molecule is CCOc1nn(C(=O)NS(=O)(=O)Nc2ccccc2C(=O)OC)c(=O)n1C. The number of ether oxygens (including phenoxy) is 2. The summed E-state index contributed by atoms with van der Waals surface area (Å²) in [7, 11) is -2.04. The van der Waals surface area contributed by atoms with Crippen LogP contribution in [0.25, 0.3) is 0 Å². The maximum atomic E-state index is 12.2. The van der Waals surface area contributed by atoms with Gasteiger partial charge in [0.2, 0.25) is 0 Å². The number of nitrogens with one attached hydrogen (secondary N) is 2. The van der Waals surface area contributed by atoms with E-state index in [2.05, 4.69) is 9.84 Å². The molecule has 0 aliphatic carbocycles. The summed E-state index contributed by atoms with van der Waals surface area (Å²) in [5, 5.41) is 3.62. The zero-order chi connectivity index (χ0) is 20.2. The van der Waals surface area contributed by atoms with Crippen molar-refractivity contribution in [1.82, 2.24) is 19.1 Å². The maximum Gasteiger partial charge on any atom is 0.361 e. The highest BCUT2D eigenvalue weighted by atomic mass is 32.2. The van der Waals surface area contributed by atoms with Crippen molar-refractivity contribution in [3.05, 3.63) is 40.3 Å². The predicted octanol–water partition coefficient (Wildman–Crippen LogP) is -0.318. The van der Waals surface area contributed by atoms with Gasteiger partial charge in [-0.3, -0.25) is 4.72 Å². The molecule has 0 saturated carbocycles. The molecule has 146 valence electrons. The van der Waals surface area contributed by atoms with Gasteiger partial charge >= 0.3 is 33.9 Å². The lowest BCUT2D eigenvalue weighted by molar-refractivity contribution is 0.0602. The number of anilines is 1. The van der Waals surface area contributed by atoms with E-state index in [1.54, 1.807) is 11.6 Å². The van der Waals surface area contributed by atoms with Crippen molar-refractivity contribution >= 4 is 27.9 Å². The Kier molecular flexibility index (Phi) is 5.85. The Balaban J connectivity index is 2.25. The first kappa shape index (κ1) is 20.0. The lowest BCUT2D eigenvalue weighted by atomic mass is 10.2. The Morgan fingerprint density at radius 1 is 1.26 bits per heavy atom. The molecule has 2 aromatic rings. The normalized spacial score (nSPS) is 10.9. The molecule has 0 aliphatic rings. The van der Waals surface area contributed by atoms with Crippen LogP contribution in [0.2, 0.25) is 0 Å². The third-order valence-electron chi connectivity index (χ3n) is 3.20. The molecule has 1 aromatic heterocycles. The summed E-state index contributed by atoms with van der Waals surface area (Å²) in [6, 6.07) is 4.14. The molecule has 13 heteroatoms. The Morgan fingerprint density at radius 2 is 1.93 bits per heavy atom. The van der Waals surface area contributed by atoms with Crippen molar-refractivity contribution in [2.75, 3.05) is 18.4 Å². The lowest BCUT2D eigenvalue weighted by Gasteiger charge is -2.11. The number of methoxy groups -OCH3 is 1. The van der Waals surface area contributed by atoms with Crippen molar-refractivity contribution in [1.29, 1.82) is 0 Å². The zero-order valence-corrected chi connectivity index (χ0v) is 15.4. The number of nitrogens with zero attached hydrogens (tertiary/aromatic N) is 3. The van der Waals surface area contributed by atoms with Crippen LogP contribution in [-0.2, 0) is 22.0 Å². The maximum absolute atomic E-state index is 12.2. The summed E-state index contributed by atoms with van der Waals surface area (Å²) >= 11 is 0. The third kappa shape index (κ3) is 4.44. The molecule has 2 N–H and O–H groups in total. The van der Waals surface area contributed by atoms with Gasteiger partial charge in [-0.25, -0.2) is 23.7 Å². The molecular weight excluding hydrogens is 382 g/mol. The Labute approximate surface area is 153 Å². The van der Waals surface area contributed by atoms with Crippen LogP contribution in [0.1, 0.15) is 17.3 Å². The van der Waals surface area contributed by atoms with E-state index in [0.29, 0.717) is 4.68 Å². The van der Waals surface area contributed by atoms with E-state index in [4.69, 9.17) is 4.74 Å². The van der Waals surface area contributed by atoms with Crippen molar-refractivity contribution in [3.8, 4) is 6.01 Å². The summed E-state index contributed by atoms with van der Waals surface area (Å²) in [6.07, 6.45) is 0. The highest BCUT2D eigenvalue weighted by Crippen LogP contribution is 2.17. The second kappa shape index (κ2) is 7.90. The molecule has 1 amide bonds. The van der Waals surface area contributed by atoms with Crippen LogP contribution < -0.4 is 19.9 Å². The molecule has 0 radical (unpaired) electrons. The molecular formula is C14H17N5O7S. The van der Waals surface area contributed by atoms with E-state index >= 15 is 0 Å². The van der Waals surface area contributed by atoms with Crippen molar-refractivity contribution in [2.45, 2.75) is 6.92 Å². The summed E-state index contributed by atoms with van der Waals surface area (Å²) in [5.74, 6) is -0.776. The third-order valence-corrected chi connectivity index (χ3v) is 4.14. The molecule has 1 heterocycles. The number of carbonyl (C=O) groups excluding carboxylic acids is 2. The van der Waals surface area contributed by atoms with Crippen LogP contribution in [0.15, 0.2) is 29.1 Å². The van der Waals surface area contributed by atoms with Crippen LogP contribution in [0.3, 0.4) is 0 Å². The number of rotatable bonds is 6. The van der Waals surface area contributed by atoms with E-state index < -0.39 is 27.9 Å². The van der Waals surface area contributed by atoms with Crippen molar-refractivity contribution < 1.29 is 27.5 Å². The molecule has 0 spiro atoms. The average molecular weight is 399 g/mol. The number of aromatic nitrogens is 3. The van der Waals surface area contributed by atoms with Crippen LogP contribution >= 0.6 is 0 Å². The van der Waals surface area contributed by atoms with Crippen molar-refractivity contribution in [3.63, 3.8) is 0 Å². The van der Waals surface area contributed by atoms with E-state index in [1.165, 1.54) is 31.3 Å². The van der Waals surface area contributed by atoms with Crippen LogP contribution in [-0.4, -0.2) is 48.5 Å².